The molecule has 25 heavy (non-hydrogen) atoms. The second-order valence-electron chi connectivity index (χ2n) is 6.75. The van der Waals surface area contributed by atoms with Crippen LogP contribution in [0.5, 0.6) is 11.5 Å². The van der Waals surface area contributed by atoms with Gasteiger partial charge in [0, 0.05) is 12.6 Å². The smallest absolute Gasteiger partial charge is 0.260 e. The standard InChI is InChI=1S/C19H28N2O4/c1-7-8-14-9-10-15(16(11-14)24-6)25-13-18(23)21(5)12-17(22)20-19(2,3)4/h7-11H,12-13H2,1-6H3,(H,20,22). The zero-order valence-corrected chi connectivity index (χ0v) is 15.9. The number of carbonyl (C=O) groups is 2. The van der Waals surface area contributed by atoms with Gasteiger partial charge < -0.3 is 19.7 Å². The minimum Gasteiger partial charge on any atom is -0.493 e. The summed E-state index contributed by atoms with van der Waals surface area (Å²) in [6.45, 7) is 7.41. The van der Waals surface area contributed by atoms with E-state index in [2.05, 4.69) is 5.32 Å². The van der Waals surface area contributed by atoms with Crippen molar-refractivity contribution in [2.24, 2.45) is 0 Å². The van der Waals surface area contributed by atoms with Gasteiger partial charge in [-0.2, -0.15) is 0 Å². The predicted octanol–water partition coefficient (Wildman–Crippen LogP) is 2.48. The van der Waals surface area contributed by atoms with Crippen molar-refractivity contribution in [1.29, 1.82) is 0 Å². The maximum atomic E-state index is 12.2. The van der Waals surface area contributed by atoms with Gasteiger partial charge in [-0.25, -0.2) is 0 Å². The fourth-order valence-electron chi connectivity index (χ4n) is 2.11. The van der Waals surface area contributed by atoms with Gasteiger partial charge in [0.05, 0.1) is 13.7 Å². The number of hydrogen-bond donors (Lipinski definition) is 1. The van der Waals surface area contributed by atoms with Crippen LogP contribution in [0.2, 0.25) is 0 Å². The van der Waals surface area contributed by atoms with Gasteiger partial charge in [0.15, 0.2) is 18.1 Å². The molecule has 0 heterocycles. The number of ether oxygens (including phenoxy) is 2. The highest BCUT2D eigenvalue weighted by atomic mass is 16.5. The van der Waals surface area contributed by atoms with Crippen LogP contribution in [-0.2, 0) is 9.59 Å². The quantitative estimate of drug-likeness (QED) is 0.822. The van der Waals surface area contributed by atoms with Crippen LogP contribution in [0.4, 0.5) is 0 Å². The normalized spacial score (nSPS) is 11.3. The number of amides is 2. The maximum absolute atomic E-state index is 12.2. The van der Waals surface area contributed by atoms with Gasteiger partial charge in [-0.05, 0) is 45.4 Å². The number of rotatable bonds is 7. The molecule has 0 unspecified atom stereocenters. The van der Waals surface area contributed by atoms with Gasteiger partial charge in [0.1, 0.15) is 0 Å². The van der Waals surface area contributed by atoms with Gasteiger partial charge in [-0.3, -0.25) is 9.59 Å². The lowest BCUT2D eigenvalue weighted by Gasteiger charge is -2.23. The third kappa shape index (κ3) is 7.28. The molecule has 1 aromatic carbocycles. The van der Waals surface area contributed by atoms with E-state index in [1.807, 2.05) is 52.0 Å². The van der Waals surface area contributed by atoms with Gasteiger partial charge in [-0.15, -0.1) is 0 Å². The number of nitrogens with zero attached hydrogens (tertiary/aromatic N) is 1. The molecule has 1 rings (SSSR count). The summed E-state index contributed by atoms with van der Waals surface area (Å²) in [5.41, 5.74) is 0.647. The zero-order valence-electron chi connectivity index (χ0n) is 15.9. The molecule has 6 heteroatoms. The Labute approximate surface area is 149 Å². The molecule has 0 saturated heterocycles. The minimum atomic E-state index is -0.334. The van der Waals surface area contributed by atoms with Crippen LogP contribution in [0, 0.1) is 0 Å². The van der Waals surface area contributed by atoms with Gasteiger partial charge in [0.25, 0.3) is 5.91 Å². The first kappa shape index (κ1) is 20.5. The van der Waals surface area contributed by atoms with Crippen molar-refractivity contribution in [3.8, 4) is 11.5 Å². The Balaban J connectivity index is 2.62. The fraction of sp³-hybridized carbons (Fsp3) is 0.474. The zero-order chi connectivity index (χ0) is 19.0. The van der Waals surface area contributed by atoms with Crippen LogP contribution in [0.15, 0.2) is 24.3 Å². The molecule has 1 aromatic rings. The molecule has 0 atom stereocenters. The van der Waals surface area contributed by atoms with Crippen molar-refractivity contribution >= 4 is 17.9 Å². The average molecular weight is 348 g/mol. The molecule has 0 aliphatic carbocycles. The van der Waals surface area contributed by atoms with Gasteiger partial charge >= 0.3 is 0 Å². The Morgan fingerprint density at radius 2 is 1.92 bits per heavy atom. The summed E-state index contributed by atoms with van der Waals surface area (Å²) in [5.74, 6) is 0.536. The highest BCUT2D eigenvalue weighted by molar-refractivity contribution is 5.85. The van der Waals surface area contributed by atoms with Crippen LogP contribution < -0.4 is 14.8 Å². The Hall–Kier alpha value is -2.50. The lowest BCUT2D eigenvalue weighted by atomic mass is 10.1. The van der Waals surface area contributed by atoms with E-state index in [1.165, 1.54) is 4.90 Å². The number of methoxy groups -OCH3 is 1. The Morgan fingerprint density at radius 1 is 1.24 bits per heavy atom. The summed E-state index contributed by atoms with van der Waals surface area (Å²) in [6, 6.07) is 5.47. The van der Waals surface area contributed by atoms with E-state index in [1.54, 1.807) is 20.2 Å². The summed E-state index contributed by atoms with van der Waals surface area (Å²) in [4.78, 5) is 25.4. The molecular weight excluding hydrogens is 320 g/mol. The van der Waals surface area contributed by atoms with Crippen molar-refractivity contribution in [2.45, 2.75) is 33.2 Å². The van der Waals surface area contributed by atoms with Gasteiger partial charge in [0.2, 0.25) is 5.91 Å². The third-order valence-corrected chi connectivity index (χ3v) is 3.22. The molecule has 0 bridgehead atoms. The molecule has 6 nitrogen and oxygen atoms in total. The molecule has 0 aliphatic rings. The van der Waals surface area contributed by atoms with Crippen molar-refractivity contribution in [2.75, 3.05) is 27.3 Å². The minimum absolute atomic E-state index is 0.0170. The van der Waals surface area contributed by atoms with E-state index in [9.17, 15) is 9.59 Å². The molecule has 1 N–H and O–H groups in total. The van der Waals surface area contributed by atoms with Crippen LogP contribution in [0.3, 0.4) is 0 Å². The number of nitrogens with one attached hydrogen (secondary N) is 1. The van der Waals surface area contributed by atoms with Crippen molar-refractivity contribution < 1.29 is 19.1 Å². The van der Waals surface area contributed by atoms with Gasteiger partial charge in [-0.1, -0.05) is 18.2 Å². The van der Waals surface area contributed by atoms with Crippen molar-refractivity contribution in [3.63, 3.8) is 0 Å². The number of allylic oxidation sites excluding steroid dienone is 1. The number of likely N-dealkylation sites (N-methyl/N-ethyl adjacent to an activating group) is 1. The van der Waals surface area contributed by atoms with E-state index < -0.39 is 0 Å². The summed E-state index contributed by atoms with van der Waals surface area (Å²) >= 11 is 0. The monoisotopic (exact) mass is 348 g/mol. The molecule has 0 radical (unpaired) electrons. The molecule has 138 valence electrons. The number of carbonyl (C=O) groups excluding carboxylic acids is 2. The summed E-state index contributed by atoms with van der Waals surface area (Å²) in [7, 11) is 3.12. The van der Waals surface area contributed by atoms with Crippen LogP contribution >= 0.6 is 0 Å². The molecule has 0 spiro atoms. The predicted molar refractivity (Wildman–Crippen MR) is 98.7 cm³/mol. The SMILES string of the molecule is CC=Cc1ccc(OCC(=O)N(C)CC(=O)NC(C)(C)C)c(OC)c1. The summed E-state index contributed by atoms with van der Waals surface area (Å²) < 4.78 is 10.9. The molecule has 2 amide bonds. The highest BCUT2D eigenvalue weighted by Crippen LogP contribution is 2.28. The van der Waals surface area contributed by atoms with E-state index >= 15 is 0 Å². The van der Waals surface area contributed by atoms with Crippen LogP contribution in [0.1, 0.15) is 33.3 Å². The molecule has 0 aromatic heterocycles. The molecule has 0 fully saturated rings. The van der Waals surface area contributed by atoms with E-state index in [-0.39, 0.29) is 30.5 Å². The first-order valence-corrected chi connectivity index (χ1v) is 8.14. The van der Waals surface area contributed by atoms with E-state index in [0.717, 1.165) is 5.56 Å². The topological polar surface area (TPSA) is 67.9 Å². The lowest BCUT2D eigenvalue weighted by Crippen LogP contribution is -2.47. The second-order valence-corrected chi connectivity index (χ2v) is 6.75. The highest BCUT2D eigenvalue weighted by Gasteiger charge is 2.18. The van der Waals surface area contributed by atoms with Crippen LogP contribution in [-0.4, -0.2) is 49.6 Å². The summed E-state index contributed by atoms with van der Waals surface area (Å²) in [6.07, 6.45) is 3.87. The first-order valence-electron chi connectivity index (χ1n) is 8.14. The van der Waals surface area contributed by atoms with E-state index in [0.29, 0.717) is 11.5 Å². The molecule has 0 saturated carbocycles. The second kappa shape index (κ2) is 9.11. The lowest BCUT2D eigenvalue weighted by molar-refractivity contribution is -0.136. The number of hydrogen-bond acceptors (Lipinski definition) is 4. The van der Waals surface area contributed by atoms with Crippen molar-refractivity contribution in [1.82, 2.24) is 10.2 Å². The molecule has 0 aliphatic heterocycles. The Kier molecular flexibility index (Phi) is 7.48. The average Bonchev–Trinajstić information content (AvgIpc) is 2.51. The first-order chi connectivity index (χ1) is 11.7. The fourth-order valence-corrected chi connectivity index (χ4v) is 2.11. The Morgan fingerprint density at radius 3 is 2.48 bits per heavy atom. The number of benzene rings is 1. The largest absolute Gasteiger partial charge is 0.493 e. The van der Waals surface area contributed by atoms with Crippen molar-refractivity contribution in [3.05, 3.63) is 29.8 Å². The molecular formula is C19H28N2O4. The maximum Gasteiger partial charge on any atom is 0.260 e. The van der Waals surface area contributed by atoms with E-state index in [4.69, 9.17) is 9.47 Å². The van der Waals surface area contributed by atoms with Crippen LogP contribution in [0.25, 0.3) is 6.08 Å². The third-order valence-electron chi connectivity index (χ3n) is 3.22. The summed E-state index contributed by atoms with van der Waals surface area (Å²) in [5, 5.41) is 2.82. The Bertz CT molecular complexity index is 633.